The van der Waals surface area contributed by atoms with Crippen LogP contribution < -0.4 is 5.32 Å². The first-order chi connectivity index (χ1) is 9.09. The first-order valence-corrected chi connectivity index (χ1v) is 7.81. The van der Waals surface area contributed by atoms with Crippen LogP contribution in [-0.4, -0.2) is 33.7 Å². The number of aromatic nitrogens is 1. The summed E-state index contributed by atoms with van der Waals surface area (Å²) in [4.78, 5) is 16.1. The molecule has 0 spiro atoms. The number of nitrogens with zero attached hydrogens (tertiary/aromatic N) is 1. The van der Waals surface area contributed by atoms with Crippen molar-refractivity contribution in [2.75, 3.05) is 18.6 Å². The van der Waals surface area contributed by atoms with E-state index in [1.165, 1.54) is 6.20 Å². The minimum atomic E-state index is -0.921. The molecular weight excluding hydrogens is 284 g/mol. The van der Waals surface area contributed by atoms with E-state index in [0.717, 1.165) is 10.8 Å². The molecule has 0 bridgehead atoms. The number of rotatable bonds is 4. The third-order valence-corrected chi connectivity index (χ3v) is 3.75. The Morgan fingerprint density at radius 3 is 2.74 bits per heavy atom. The van der Waals surface area contributed by atoms with Crippen molar-refractivity contribution < 1.29 is 9.00 Å². The second kappa shape index (κ2) is 6.12. The number of halogens is 1. The molecule has 0 saturated carbocycles. The molecule has 1 unspecified atom stereocenters. The Bertz CT molecular complexity index is 646. The van der Waals surface area contributed by atoms with Crippen LogP contribution in [0.3, 0.4) is 0 Å². The highest BCUT2D eigenvalue weighted by atomic mass is 35.5. The molecule has 1 N–H and O–H groups in total. The van der Waals surface area contributed by atoms with E-state index in [4.69, 9.17) is 11.6 Å². The van der Waals surface area contributed by atoms with E-state index in [0.29, 0.717) is 23.0 Å². The second-order valence-corrected chi connectivity index (χ2v) is 5.95. The third kappa shape index (κ3) is 3.30. The van der Waals surface area contributed by atoms with Gasteiger partial charge in [-0.1, -0.05) is 35.9 Å². The molecule has 1 amide bonds. The summed E-state index contributed by atoms with van der Waals surface area (Å²) in [7, 11) is -0.921. The van der Waals surface area contributed by atoms with Crippen molar-refractivity contribution in [3.8, 4) is 0 Å². The fourth-order valence-electron chi connectivity index (χ4n) is 1.74. The first-order valence-electron chi connectivity index (χ1n) is 5.71. The average molecular weight is 297 g/mol. The normalized spacial score (nSPS) is 12.3. The molecule has 6 heteroatoms. The number of hydrogen-bond donors (Lipinski definition) is 1. The van der Waals surface area contributed by atoms with E-state index in [-0.39, 0.29) is 5.91 Å². The molecule has 0 aliphatic rings. The predicted molar refractivity (Wildman–Crippen MR) is 78.0 cm³/mol. The van der Waals surface area contributed by atoms with Crippen LogP contribution in [0.25, 0.3) is 10.8 Å². The summed E-state index contributed by atoms with van der Waals surface area (Å²) in [6.45, 7) is 0.374. The van der Waals surface area contributed by atoms with Gasteiger partial charge in [0.1, 0.15) is 5.15 Å². The summed E-state index contributed by atoms with van der Waals surface area (Å²) in [5.74, 6) is 0.204. The number of nitrogens with one attached hydrogen (secondary N) is 1. The van der Waals surface area contributed by atoms with E-state index >= 15 is 0 Å². The number of pyridine rings is 1. The summed E-state index contributed by atoms with van der Waals surface area (Å²) in [5.41, 5.74) is 0.474. The van der Waals surface area contributed by atoms with Crippen LogP contribution in [-0.2, 0) is 10.8 Å². The lowest BCUT2D eigenvalue weighted by Gasteiger charge is -2.08. The Kier molecular flexibility index (Phi) is 4.50. The zero-order valence-corrected chi connectivity index (χ0v) is 11.9. The molecular formula is C13H13ClN2O2S. The molecule has 0 aliphatic carbocycles. The Labute approximate surface area is 118 Å². The fraction of sp³-hybridized carbons (Fsp3) is 0.231. The Balaban J connectivity index is 2.27. The minimum absolute atomic E-state index is 0.231. The Morgan fingerprint density at radius 1 is 1.37 bits per heavy atom. The standard InChI is InChI=1S/C13H13ClN2O2S/c1-19(18)7-6-15-13(17)11-8-16-12(14)10-5-3-2-4-9(10)11/h2-5,8H,6-7H2,1H3,(H,15,17). The molecule has 1 atom stereocenters. The lowest BCUT2D eigenvalue weighted by Crippen LogP contribution is -2.27. The van der Waals surface area contributed by atoms with Gasteiger partial charge in [0.2, 0.25) is 0 Å². The molecule has 4 nitrogen and oxygen atoms in total. The molecule has 19 heavy (non-hydrogen) atoms. The highest BCUT2D eigenvalue weighted by Gasteiger charge is 2.12. The lowest BCUT2D eigenvalue weighted by molar-refractivity contribution is 0.0957. The van der Waals surface area contributed by atoms with E-state index in [1.54, 1.807) is 6.26 Å². The molecule has 0 saturated heterocycles. The van der Waals surface area contributed by atoms with E-state index in [2.05, 4.69) is 10.3 Å². The average Bonchev–Trinajstić information content (AvgIpc) is 2.39. The maximum atomic E-state index is 12.1. The topological polar surface area (TPSA) is 59.1 Å². The zero-order chi connectivity index (χ0) is 13.8. The van der Waals surface area contributed by atoms with Crippen molar-refractivity contribution >= 4 is 39.1 Å². The maximum Gasteiger partial charge on any atom is 0.253 e. The van der Waals surface area contributed by atoms with Gasteiger partial charge in [-0.2, -0.15) is 0 Å². The molecule has 1 aromatic heterocycles. The molecule has 2 rings (SSSR count). The maximum absolute atomic E-state index is 12.1. The molecule has 2 aromatic rings. The van der Waals surface area contributed by atoms with Crippen molar-refractivity contribution in [1.29, 1.82) is 0 Å². The van der Waals surface area contributed by atoms with Crippen LogP contribution in [0, 0.1) is 0 Å². The van der Waals surface area contributed by atoms with Crippen LogP contribution in [0.5, 0.6) is 0 Å². The van der Waals surface area contributed by atoms with Gasteiger partial charge in [0.25, 0.3) is 5.91 Å². The number of fused-ring (bicyclic) bond motifs is 1. The van der Waals surface area contributed by atoms with Crippen LogP contribution in [0.15, 0.2) is 30.5 Å². The van der Waals surface area contributed by atoms with Crippen molar-refractivity contribution in [3.63, 3.8) is 0 Å². The fourth-order valence-corrected chi connectivity index (χ4v) is 2.35. The largest absolute Gasteiger partial charge is 0.351 e. The molecule has 100 valence electrons. The van der Waals surface area contributed by atoms with E-state index < -0.39 is 10.8 Å². The summed E-state index contributed by atoms with van der Waals surface area (Å²) in [5, 5.41) is 4.61. The quantitative estimate of drug-likeness (QED) is 0.878. The van der Waals surface area contributed by atoms with Crippen molar-refractivity contribution in [2.24, 2.45) is 0 Å². The molecule has 0 radical (unpaired) electrons. The number of carbonyl (C=O) groups is 1. The molecule has 1 heterocycles. The third-order valence-electron chi connectivity index (χ3n) is 2.67. The first kappa shape index (κ1) is 14.0. The van der Waals surface area contributed by atoms with E-state index in [1.807, 2.05) is 24.3 Å². The number of carbonyl (C=O) groups excluding carboxylic acids is 1. The lowest BCUT2D eigenvalue weighted by atomic mass is 10.1. The monoisotopic (exact) mass is 296 g/mol. The van der Waals surface area contributed by atoms with Gasteiger partial charge in [-0.3, -0.25) is 9.00 Å². The van der Waals surface area contributed by atoms with Crippen molar-refractivity contribution in [2.45, 2.75) is 0 Å². The highest BCUT2D eigenvalue weighted by molar-refractivity contribution is 7.84. The summed E-state index contributed by atoms with van der Waals surface area (Å²) >= 11 is 6.00. The van der Waals surface area contributed by atoms with E-state index in [9.17, 15) is 9.00 Å². The number of amides is 1. The van der Waals surface area contributed by atoms with Gasteiger partial charge < -0.3 is 5.32 Å². The number of benzene rings is 1. The summed E-state index contributed by atoms with van der Waals surface area (Å²) in [6.07, 6.45) is 3.06. The smallest absolute Gasteiger partial charge is 0.253 e. The van der Waals surface area contributed by atoms with Crippen molar-refractivity contribution in [1.82, 2.24) is 10.3 Å². The van der Waals surface area contributed by atoms with Crippen molar-refractivity contribution in [3.05, 3.63) is 41.2 Å². The molecule has 0 fully saturated rings. The second-order valence-electron chi connectivity index (χ2n) is 4.04. The Hall–Kier alpha value is -1.46. The van der Waals surface area contributed by atoms with Gasteiger partial charge in [0.15, 0.2) is 0 Å². The molecule has 1 aromatic carbocycles. The SMILES string of the molecule is CS(=O)CCNC(=O)c1cnc(Cl)c2ccccc12. The molecule has 0 aliphatic heterocycles. The minimum Gasteiger partial charge on any atom is -0.351 e. The van der Waals surface area contributed by atoms with Gasteiger partial charge in [-0.05, 0) is 5.39 Å². The zero-order valence-electron chi connectivity index (χ0n) is 10.4. The van der Waals surface area contributed by atoms with Gasteiger partial charge in [-0.25, -0.2) is 4.98 Å². The Morgan fingerprint density at radius 2 is 2.05 bits per heavy atom. The van der Waals surface area contributed by atoms with Gasteiger partial charge in [-0.15, -0.1) is 0 Å². The van der Waals surface area contributed by atoms with Crippen LogP contribution in [0.4, 0.5) is 0 Å². The summed E-state index contributed by atoms with van der Waals surface area (Å²) < 4.78 is 10.9. The van der Waals surface area contributed by atoms with Crippen LogP contribution in [0.2, 0.25) is 5.15 Å². The van der Waals surface area contributed by atoms with Crippen LogP contribution >= 0.6 is 11.6 Å². The highest BCUT2D eigenvalue weighted by Crippen LogP contribution is 2.23. The van der Waals surface area contributed by atoms with Gasteiger partial charge in [0.05, 0.1) is 5.56 Å². The predicted octanol–water partition coefficient (Wildman–Crippen LogP) is 2.00. The van der Waals surface area contributed by atoms with Crippen LogP contribution in [0.1, 0.15) is 10.4 Å². The van der Waals surface area contributed by atoms with Gasteiger partial charge in [0, 0.05) is 40.9 Å². The number of hydrogen-bond acceptors (Lipinski definition) is 3. The van der Waals surface area contributed by atoms with Gasteiger partial charge >= 0.3 is 0 Å². The summed E-state index contributed by atoms with van der Waals surface area (Å²) in [6, 6.07) is 7.34.